The molecular formula is C9H18O2. The van der Waals surface area contributed by atoms with Crippen LogP contribution in [0.2, 0.25) is 0 Å². The van der Waals surface area contributed by atoms with E-state index in [1.807, 2.05) is 0 Å². The van der Waals surface area contributed by atoms with Crippen LogP contribution < -0.4 is 0 Å². The van der Waals surface area contributed by atoms with Gasteiger partial charge in [0, 0.05) is 12.8 Å². The molecule has 0 aromatic heterocycles. The lowest BCUT2D eigenvalue weighted by Gasteiger charge is -2.32. The van der Waals surface area contributed by atoms with Crippen molar-refractivity contribution in [2.75, 3.05) is 0 Å². The molecule has 0 amide bonds. The molecule has 0 heterocycles. The van der Waals surface area contributed by atoms with Gasteiger partial charge >= 0.3 is 0 Å². The van der Waals surface area contributed by atoms with Gasteiger partial charge in [0.15, 0.2) is 0 Å². The lowest BCUT2D eigenvalue weighted by molar-refractivity contribution is -0.124. The van der Waals surface area contributed by atoms with Crippen LogP contribution in [0.3, 0.4) is 0 Å². The van der Waals surface area contributed by atoms with Crippen molar-refractivity contribution >= 4 is 5.78 Å². The van der Waals surface area contributed by atoms with Crippen LogP contribution in [0.4, 0.5) is 0 Å². The SMILES string of the molecule is CC1CC(=O)CC(C)(C)C1.O. The Labute approximate surface area is 68.3 Å². The first kappa shape index (κ1) is 10.6. The summed E-state index contributed by atoms with van der Waals surface area (Å²) in [4.78, 5) is 11.1. The molecule has 0 bridgehead atoms. The van der Waals surface area contributed by atoms with Crippen LogP contribution in [0.15, 0.2) is 0 Å². The van der Waals surface area contributed by atoms with E-state index in [0.29, 0.717) is 11.7 Å². The Bertz CT molecular complexity index is 150. The molecule has 11 heavy (non-hydrogen) atoms. The van der Waals surface area contributed by atoms with Gasteiger partial charge in [-0.2, -0.15) is 0 Å². The van der Waals surface area contributed by atoms with Crippen LogP contribution in [0.1, 0.15) is 40.0 Å². The van der Waals surface area contributed by atoms with Gasteiger partial charge in [-0.25, -0.2) is 0 Å². The van der Waals surface area contributed by atoms with E-state index in [-0.39, 0.29) is 10.9 Å². The fraction of sp³-hybridized carbons (Fsp3) is 0.889. The van der Waals surface area contributed by atoms with Crippen LogP contribution in [-0.2, 0) is 4.79 Å². The summed E-state index contributed by atoms with van der Waals surface area (Å²) in [5, 5.41) is 0. The van der Waals surface area contributed by atoms with Crippen molar-refractivity contribution in [1.82, 2.24) is 0 Å². The Morgan fingerprint density at radius 1 is 1.45 bits per heavy atom. The lowest BCUT2D eigenvalue weighted by atomic mass is 9.72. The minimum atomic E-state index is 0. The average Bonchev–Trinajstić information content (AvgIpc) is 1.54. The molecule has 0 radical (unpaired) electrons. The first-order chi connectivity index (χ1) is 4.49. The molecule has 2 N–H and O–H groups in total. The summed E-state index contributed by atoms with van der Waals surface area (Å²) in [6, 6.07) is 0. The predicted octanol–water partition coefficient (Wildman–Crippen LogP) is 1.58. The monoisotopic (exact) mass is 158 g/mol. The van der Waals surface area contributed by atoms with E-state index in [1.165, 1.54) is 6.42 Å². The van der Waals surface area contributed by atoms with E-state index in [1.54, 1.807) is 0 Å². The molecule has 0 spiro atoms. The molecule has 0 aromatic rings. The standard InChI is InChI=1S/C9H16O.H2O/c1-7-4-8(10)6-9(2,3)5-7;/h7H,4-6H2,1-3H3;1H2. The molecule has 0 saturated heterocycles. The molecular weight excluding hydrogens is 140 g/mol. The van der Waals surface area contributed by atoms with Crippen LogP contribution >= 0.6 is 0 Å². The molecule has 1 unspecified atom stereocenters. The van der Waals surface area contributed by atoms with Gasteiger partial charge in [-0.15, -0.1) is 0 Å². The second-order valence-corrected chi connectivity index (χ2v) is 4.39. The van der Waals surface area contributed by atoms with Gasteiger partial charge in [0.2, 0.25) is 0 Å². The molecule has 1 aliphatic carbocycles. The number of carbonyl (C=O) groups excluding carboxylic acids is 1. The zero-order valence-electron chi connectivity index (χ0n) is 7.61. The third-order valence-electron chi connectivity index (χ3n) is 2.15. The lowest BCUT2D eigenvalue weighted by Crippen LogP contribution is -2.27. The normalized spacial score (nSPS) is 29.4. The fourth-order valence-corrected chi connectivity index (χ4v) is 2.08. The Balaban J connectivity index is 0.000001000. The van der Waals surface area contributed by atoms with Gasteiger partial charge in [0.1, 0.15) is 5.78 Å². The maximum Gasteiger partial charge on any atom is 0.133 e. The fourth-order valence-electron chi connectivity index (χ4n) is 2.08. The summed E-state index contributed by atoms with van der Waals surface area (Å²) in [6.07, 6.45) is 2.81. The summed E-state index contributed by atoms with van der Waals surface area (Å²) in [6.45, 7) is 6.53. The smallest absolute Gasteiger partial charge is 0.133 e. The number of Topliss-reactive ketones (excluding diaryl/α,β-unsaturated/α-hetero) is 1. The second-order valence-electron chi connectivity index (χ2n) is 4.39. The molecule has 0 aliphatic heterocycles. The van der Waals surface area contributed by atoms with Gasteiger partial charge in [0.25, 0.3) is 0 Å². The largest absolute Gasteiger partial charge is 0.412 e. The number of carbonyl (C=O) groups is 1. The van der Waals surface area contributed by atoms with Crippen molar-refractivity contribution in [3.8, 4) is 0 Å². The van der Waals surface area contributed by atoms with Crippen molar-refractivity contribution in [2.45, 2.75) is 40.0 Å². The number of ketones is 1. The topological polar surface area (TPSA) is 48.6 Å². The van der Waals surface area contributed by atoms with E-state index < -0.39 is 0 Å². The van der Waals surface area contributed by atoms with Gasteiger partial charge in [-0.3, -0.25) is 4.79 Å². The van der Waals surface area contributed by atoms with Gasteiger partial charge in [0.05, 0.1) is 0 Å². The Morgan fingerprint density at radius 3 is 2.36 bits per heavy atom. The molecule has 1 saturated carbocycles. The molecule has 0 aromatic carbocycles. The van der Waals surface area contributed by atoms with Crippen molar-refractivity contribution in [3.63, 3.8) is 0 Å². The minimum Gasteiger partial charge on any atom is -0.412 e. The van der Waals surface area contributed by atoms with Crippen LogP contribution in [-0.4, -0.2) is 11.3 Å². The number of rotatable bonds is 0. The molecule has 1 rings (SSSR count). The van der Waals surface area contributed by atoms with E-state index in [9.17, 15) is 4.79 Å². The molecule has 2 heteroatoms. The third-order valence-corrected chi connectivity index (χ3v) is 2.15. The summed E-state index contributed by atoms with van der Waals surface area (Å²) < 4.78 is 0. The average molecular weight is 158 g/mol. The van der Waals surface area contributed by atoms with Crippen LogP contribution in [0.5, 0.6) is 0 Å². The zero-order chi connectivity index (χ0) is 7.78. The molecule has 1 atom stereocenters. The summed E-state index contributed by atoms with van der Waals surface area (Å²) in [5.41, 5.74) is 0.273. The van der Waals surface area contributed by atoms with Crippen molar-refractivity contribution in [1.29, 1.82) is 0 Å². The Morgan fingerprint density at radius 2 is 2.00 bits per heavy atom. The van der Waals surface area contributed by atoms with Gasteiger partial charge < -0.3 is 5.48 Å². The molecule has 1 fully saturated rings. The summed E-state index contributed by atoms with van der Waals surface area (Å²) in [7, 11) is 0. The highest BCUT2D eigenvalue weighted by Gasteiger charge is 2.30. The van der Waals surface area contributed by atoms with E-state index in [0.717, 1.165) is 12.8 Å². The zero-order valence-corrected chi connectivity index (χ0v) is 7.61. The highest BCUT2D eigenvalue weighted by atomic mass is 16.1. The van der Waals surface area contributed by atoms with Gasteiger partial charge in [-0.1, -0.05) is 20.8 Å². The maximum absolute atomic E-state index is 11.1. The van der Waals surface area contributed by atoms with Gasteiger partial charge in [-0.05, 0) is 17.8 Å². The first-order valence-electron chi connectivity index (χ1n) is 4.01. The highest BCUT2D eigenvalue weighted by molar-refractivity contribution is 5.80. The summed E-state index contributed by atoms with van der Waals surface area (Å²) >= 11 is 0. The predicted molar refractivity (Wildman–Crippen MR) is 45.4 cm³/mol. The quantitative estimate of drug-likeness (QED) is 0.528. The third kappa shape index (κ3) is 3.02. The van der Waals surface area contributed by atoms with E-state index in [2.05, 4.69) is 20.8 Å². The summed E-state index contributed by atoms with van der Waals surface area (Å²) in [5.74, 6) is 1.06. The van der Waals surface area contributed by atoms with Crippen LogP contribution in [0.25, 0.3) is 0 Å². The Hall–Kier alpha value is -0.370. The Kier molecular flexibility index (Phi) is 3.24. The maximum atomic E-state index is 11.1. The second kappa shape index (κ2) is 3.35. The minimum absolute atomic E-state index is 0. The van der Waals surface area contributed by atoms with Crippen molar-refractivity contribution in [2.24, 2.45) is 11.3 Å². The van der Waals surface area contributed by atoms with Crippen molar-refractivity contribution in [3.05, 3.63) is 0 Å². The van der Waals surface area contributed by atoms with Crippen molar-refractivity contribution < 1.29 is 10.3 Å². The number of hydrogen-bond acceptors (Lipinski definition) is 1. The van der Waals surface area contributed by atoms with E-state index >= 15 is 0 Å². The molecule has 2 nitrogen and oxygen atoms in total. The highest BCUT2D eigenvalue weighted by Crippen LogP contribution is 2.36. The molecule has 1 aliphatic rings. The van der Waals surface area contributed by atoms with Crippen LogP contribution in [0, 0.1) is 11.3 Å². The number of hydrogen-bond donors (Lipinski definition) is 0. The molecule has 66 valence electrons. The first-order valence-corrected chi connectivity index (χ1v) is 4.01. The van der Waals surface area contributed by atoms with E-state index in [4.69, 9.17) is 0 Å².